The van der Waals surface area contributed by atoms with Crippen molar-refractivity contribution in [2.24, 2.45) is 0 Å². The van der Waals surface area contributed by atoms with Crippen molar-refractivity contribution in [1.82, 2.24) is 4.31 Å². The van der Waals surface area contributed by atoms with Crippen LogP contribution < -0.4 is 4.74 Å². The lowest BCUT2D eigenvalue weighted by atomic mass is 10.1. The summed E-state index contributed by atoms with van der Waals surface area (Å²) in [6.07, 6.45) is 0. The van der Waals surface area contributed by atoms with Crippen LogP contribution in [0.5, 0.6) is 11.5 Å². The van der Waals surface area contributed by atoms with Crippen LogP contribution >= 0.6 is 0 Å². The van der Waals surface area contributed by atoms with E-state index in [0.717, 1.165) is 16.8 Å². The average Bonchev–Trinajstić information content (AvgIpc) is 2.78. The van der Waals surface area contributed by atoms with Gasteiger partial charge in [-0.05, 0) is 35.0 Å². The van der Waals surface area contributed by atoms with Crippen LogP contribution in [-0.2, 0) is 14.8 Å². The van der Waals surface area contributed by atoms with Gasteiger partial charge < -0.3 is 9.47 Å². The van der Waals surface area contributed by atoms with E-state index in [2.05, 4.69) is 0 Å². The molecular formula is C22H22N2O7S. The predicted molar refractivity (Wildman–Crippen MR) is 119 cm³/mol. The van der Waals surface area contributed by atoms with Crippen LogP contribution in [-0.4, -0.2) is 43.8 Å². The van der Waals surface area contributed by atoms with Crippen LogP contribution in [0.1, 0.15) is 24.2 Å². The summed E-state index contributed by atoms with van der Waals surface area (Å²) in [6.45, 7) is 3.82. The van der Waals surface area contributed by atoms with Gasteiger partial charge >= 0.3 is 11.7 Å². The van der Waals surface area contributed by atoms with E-state index < -0.39 is 26.6 Å². The highest BCUT2D eigenvalue weighted by Gasteiger charge is 2.27. The van der Waals surface area contributed by atoms with Gasteiger partial charge in [0.05, 0.1) is 16.9 Å². The molecule has 3 aromatic rings. The number of nitro benzene ring substituents is 1. The second kappa shape index (κ2) is 9.33. The highest BCUT2D eigenvalue weighted by Crippen LogP contribution is 2.37. The molecule has 168 valence electrons. The molecule has 0 aliphatic rings. The van der Waals surface area contributed by atoms with E-state index in [9.17, 15) is 23.3 Å². The lowest BCUT2D eigenvalue weighted by molar-refractivity contribution is -0.385. The number of sulfonamides is 1. The summed E-state index contributed by atoms with van der Waals surface area (Å²) in [6, 6.07) is 13.8. The maximum atomic E-state index is 12.8. The average molecular weight is 458 g/mol. The topological polar surface area (TPSA) is 116 Å². The standard InChI is InChI=1S/C22H22N2O7S/c1-4-23(5-2)32(28,29)17-10-11-20(19(14-17)24(26)27)31-21-13-16-9-7-6-8-15(16)12-18(21)22(25)30-3/h6-14H,4-5H2,1-3H3. The van der Waals surface area contributed by atoms with Crippen LogP contribution in [0.15, 0.2) is 59.5 Å². The summed E-state index contributed by atoms with van der Waals surface area (Å²) in [5, 5.41) is 13.2. The number of nitrogens with zero attached hydrogens (tertiary/aromatic N) is 2. The van der Waals surface area contributed by atoms with E-state index in [4.69, 9.17) is 9.47 Å². The molecule has 0 aromatic heterocycles. The quantitative estimate of drug-likeness (QED) is 0.280. The van der Waals surface area contributed by atoms with Gasteiger partial charge in [0, 0.05) is 19.2 Å². The molecule has 0 fully saturated rings. The van der Waals surface area contributed by atoms with Crippen LogP contribution in [0.3, 0.4) is 0 Å². The van der Waals surface area contributed by atoms with Crippen molar-refractivity contribution in [1.29, 1.82) is 0 Å². The van der Waals surface area contributed by atoms with Gasteiger partial charge in [0.2, 0.25) is 15.8 Å². The number of hydrogen-bond acceptors (Lipinski definition) is 7. The van der Waals surface area contributed by atoms with E-state index >= 15 is 0 Å². The number of hydrogen-bond donors (Lipinski definition) is 0. The van der Waals surface area contributed by atoms with Gasteiger partial charge in [0.1, 0.15) is 11.3 Å². The number of carbonyl (C=O) groups is 1. The molecule has 0 aliphatic heterocycles. The largest absolute Gasteiger partial charge is 0.465 e. The number of nitro groups is 1. The van der Waals surface area contributed by atoms with E-state index in [1.165, 1.54) is 23.5 Å². The summed E-state index contributed by atoms with van der Waals surface area (Å²) < 4.78 is 37.3. The van der Waals surface area contributed by atoms with Gasteiger partial charge in [-0.3, -0.25) is 10.1 Å². The van der Waals surface area contributed by atoms with Crippen molar-refractivity contribution in [2.75, 3.05) is 20.2 Å². The van der Waals surface area contributed by atoms with Crippen molar-refractivity contribution in [2.45, 2.75) is 18.7 Å². The molecule has 0 N–H and O–H groups in total. The molecule has 0 aliphatic carbocycles. The maximum Gasteiger partial charge on any atom is 0.341 e. The molecule has 0 saturated heterocycles. The molecule has 0 atom stereocenters. The van der Waals surface area contributed by atoms with Gasteiger partial charge in [0.25, 0.3) is 0 Å². The third-order valence-corrected chi connectivity index (χ3v) is 6.99. The van der Waals surface area contributed by atoms with E-state index in [0.29, 0.717) is 0 Å². The van der Waals surface area contributed by atoms with E-state index in [1.807, 2.05) is 6.07 Å². The third-order valence-electron chi connectivity index (χ3n) is 4.94. The fraction of sp³-hybridized carbons (Fsp3) is 0.227. The molecule has 3 aromatic carbocycles. The second-order valence-electron chi connectivity index (χ2n) is 6.77. The highest BCUT2D eigenvalue weighted by molar-refractivity contribution is 7.89. The van der Waals surface area contributed by atoms with Crippen molar-refractivity contribution in [3.63, 3.8) is 0 Å². The van der Waals surface area contributed by atoms with Crippen LogP contribution in [0.4, 0.5) is 5.69 Å². The predicted octanol–water partition coefficient (Wildman–Crippen LogP) is 4.36. The summed E-state index contributed by atoms with van der Waals surface area (Å²) in [7, 11) is -2.68. The molecule has 0 bridgehead atoms. The first kappa shape index (κ1) is 23.2. The Bertz CT molecular complexity index is 1280. The second-order valence-corrected chi connectivity index (χ2v) is 8.70. The molecular weight excluding hydrogens is 436 g/mol. The normalized spacial score (nSPS) is 11.5. The zero-order valence-corrected chi connectivity index (χ0v) is 18.6. The summed E-state index contributed by atoms with van der Waals surface area (Å²) in [5.74, 6) is -0.818. The molecule has 10 heteroatoms. The summed E-state index contributed by atoms with van der Waals surface area (Å²) in [5.41, 5.74) is -0.456. The first-order valence-electron chi connectivity index (χ1n) is 9.80. The Morgan fingerprint density at radius 1 is 1.00 bits per heavy atom. The molecule has 0 unspecified atom stereocenters. The molecule has 0 spiro atoms. The van der Waals surface area contributed by atoms with Gasteiger partial charge in [-0.1, -0.05) is 38.1 Å². The number of benzene rings is 3. The fourth-order valence-corrected chi connectivity index (χ4v) is 4.77. The molecule has 0 radical (unpaired) electrons. The van der Waals surface area contributed by atoms with Crippen molar-refractivity contribution in [3.05, 3.63) is 70.3 Å². The minimum atomic E-state index is -3.90. The van der Waals surface area contributed by atoms with Crippen LogP contribution in [0.2, 0.25) is 0 Å². The minimum absolute atomic E-state index is 0.0537. The number of rotatable bonds is 8. The Morgan fingerprint density at radius 3 is 2.19 bits per heavy atom. The molecule has 3 rings (SSSR count). The Labute approximate surface area is 185 Å². The number of ether oxygens (including phenoxy) is 2. The van der Waals surface area contributed by atoms with Crippen molar-refractivity contribution >= 4 is 32.5 Å². The van der Waals surface area contributed by atoms with Gasteiger partial charge in [-0.15, -0.1) is 0 Å². The lowest BCUT2D eigenvalue weighted by Gasteiger charge is -2.18. The van der Waals surface area contributed by atoms with Crippen molar-refractivity contribution < 1.29 is 27.6 Å². The number of methoxy groups -OCH3 is 1. The Morgan fingerprint density at radius 2 is 1.62 bits per heavy atom. The third kappa shape index (κ3) is 4.41. The lowest BCUT2D eigenvalue weighted by Crippen LogP contribution is -2.30. The molecule has 9 nitrogen and oxygen atoms in total. The zero-order valence-electron chi connectivity index (χ0n) is 17.8. The summed E-state index contributed by atoms with van der Waals surface area (Å²) in [4.78, 5) is 23.1. The number of fused-ring (bicyclic) bond motifs is 1. The molecule has 0 heterocycles. The maximum absolute atomic E-state index is 12.8. The molecule has 32 heavy (non-hydrogen) atoms. The van der Waals surface area contributed by atoms with Gasteiger partial charge in [0.15, 0.2) is 0 Å². The highest BCUT2D eigenvalue weighted by atomic mass is 32.2. The minimum Gasteiger partial charge on any atom is -0.465 e. The number of esters is 1. The first-order chi connectivity index (χ1) is 15.2. The number of carbonyl (C=O) groups excluding carboxylic acids is 1. The van der Waals surface area contributed by atoms with E-state index in [-0.39, 0.29) is 35.0 Å². The monoisotopic (exact) mass is 458 g/mol. The van der Waals surface area contributed by atoms with Gasteiger partial charge in [-0.2, -0.15) is 4.31 Å². The Balaban J connectivity index is 2.12. The SMILES string of the molecule is CCN(CC)S(=O)(=O)c1ccc(Oc2cc3ccccc3cc2C(=O)OC)c([N+](=O)[O-])c1. The molecule has 0 saturated carbocycles. The summed E-state index contributed by atoms with van der Waals surface area (Å²) >= 11 is 0. The smallest absolute Gasteiger partial charge is 0.341 e. The molecule has 0 amide bonds. The van der Waals surface area contributed by atoms with Crippen LogP contribution in [0.25, 0.3) is 10.8 Å². The van der Waals surface area contributed by atoms with Crippen LogP contribution in [0, 0.1) is 10.1 Å². The zero-order chi connectivity index (χ0) is 23.5. The van der Waals surface area contributed by atoms with E-state index in [1.54, 1.807) is 44.2 Å². The van der Waals surface area contributed by atoms with Gasteiger partial charge in [-0.25, -0.2) is 13.2 Å². The first-order valence-corrected chi connectivity index (χ1v) is 11.2. The fourth-order valence-electron chi connectivity index (χ4n) is 3.29. The Hall–Kier alpha value is -3.50. The Kier molecular flexibility index (Phi) is 6.75. The van der Waals surface area contributed by atoms with Crippen molar-refractivity contribution in [3.8, 4) is 11.5 Å².